The Bertz CT molecular complexity index is 1610. The van der Waals surface area contributed by atoms with E-state index in [1.54, 1.807) is 44.3 Å². The van der Waals surface area contributed by atoms with E-state index in [2.05, 4.69) is 10.0 Å². The normalized spacial score (nSPS) is 14.3. The number of anilines is 1. The summed E-state index contributed by atoms with van der Waals surface area (Å²) in [6, 6.07) is 16.2. The largest absolute Gasteiger partial charge is 0.457 e. The molecule has 4 N–H and O–H groups in total. The number of benzene rings is 3. The third-order valence-corrected chi connectivity index (χ3v) is 8.21. The number of sulfonamides is 1. The van der Waals surface area contributed by atoms with Gasteiger partial charge in [-0.1, -0.05) is 6.92 Å². The van der Waals surface area contributed by atoms with E-state index >= 15 is 0 Å². The number of hydrogen-bond donors (Lipinski definition) is 3. The molecule has 1 unspecified atom stereocenters. The average molecular weight is 552 g/mol. The van der Waals surface area contributed by atoms with Crippen LogP contribution in [-0.4, -0.2) is 33.7 Å². The molecule has 1 aliphatic rings. The van der Waals surface area contributed by atoms with Crippen molar-refractivity contribution in [3.05, 3.63) is 77.6 Å². The van der Waals surface area contributed by atoms with E-state index in [9.17, 15) is 17.6 Å². The lowest BCUT2D eigenvalue weighted by atomic mass is 10.0. The minimum Gasteiger partial charge on any atom is -0.457 e. The van der Waals surface area contributed by atoms with E-state index in [1.165, 1.54) is 24.3 Å². The molecule has 1 fully saturated rings. The molecular weight excluding hydrogens is 521 g/mol. The first-order valence-corrected chi connectivity index (χ1v) is 14.4. The van der Waals surface area contributed by atoms with E-state index in [0.717, 1.165) is 18.4 Å². The van der Waals surface area contributed by atoms with Gasteiger partial charge in [-0.15, -0.1) is 0 Å². The van der Waals surface area contributed by atoms with Crippen LogP contribution in [0.25, 0.3) is 22.3 Å². The Hall–Kier alpha value is -3.89. The summed E-state index contributed by atoms with van der Waals surface area (Å²) in [6.45, 7) is 2.05. The molecule has 1 saturated carbocycles. The molecule has 0 saturated heterocycles. The highest BCUT2D eigenvalue weighted by Gasteiger charge is 2.31. The van der Waals surface area contributed by atoms with Gasteiger partial charge < -0.3 is 20.2 Å². The molecule has 0 spiro atoms. The predicted octanol–water partition coefficient (Wildman–Crippen LogP) is 5.60. The Balaban J connectivity index is 1.54. The van der Waals surface area contributed by atoms with Crippen molar-refractivity contribution in [2.45, 2.75) is 25.7 Å². The van der Waals surface area contributed by atoms with Crippen LogP contribution >= 0.6 is 0 Å². The first kappa shape index (κ1) is 26.7. The fourth-order valence-electron chi connectivity index (χ4n) is 4.50. The van der Waals surface area contributed by atoms with Crippen LogP contribution in [0.2, 0.25) is 0 Å². The summed E-state index contributed by atoms with van der Waals surface area (Å²) in [6.07, 6.45) is 1.88. The van der Waals surface area contributed by atoms with Gasteiger partial charge in [-0.25, -0.2) is 12.8 Å². The van der Waals surface area contributed by atoms with Crippen LogP contribution in [0.3, 0.4) is 0 Å². The van der Waals surface area contributed by atoms with Crippen LogP contribution in [0.1, 0.15) is 41.6 Å². The van der Waals surface area contributed by atoms with Crippen molar-refractivity contribution in [1.29, 1.82) is 0 Å². The minimum atomic E-state index is -3.64. The molecule has 0 radical (unpaired) electrons. The Labute approximate surface area is 226 Å². The highest BCUT2D eigenvalue weighted by atomic mass is 32.2. The zero-order valence-corrected chi connectivity index (χ0v) is 22.5. The second kappa shape index (κ2) is 10.7. The summed E-state index contributed by atoms with van der Waals surface area (Å²) in [7, 11) is -2.09. The maximum Gasteiger partial charge on any atom is 0.255 e. The number of rotatable bonds is 10. The van der Waals surface area contributed by atoms with Gasteiger partial charge in [0.05, 0.1) is 17.0 Å². The molecule has 1 aromatic heterocycles. The van der Waals surface area contributed by atoms with Crippen LogP contribution in [0.15, 0.2) is 65.1 Å². The number of hydrogen-bond acceptors (Lipinski definition) is 6. The van der Waals surface area contributed by atoms with Gasteiger partial charge in [0, 0.05) is 24.1 Å². The zero-order chi connectivity index (χ0) is 27.7. The lowest BCUT2D eigenvalue weighted by Crippen LogP contribution is -2.26. The molecule has 8 nitrogen and oxygen atoms in total. The third kappa shape index (κ3) is 5.91. The summed E-state index contributed by atoms with van der Waals surface area (Å²) in [5.74, 6) is 0.627. The smallest absolute Gasteiger partial charge is 0.255 e. The molecule has 204 valence electrons. The van der Waals surface area contributed by atoms with E-state index < -0.39 is 10.0 Å². The van der Waals surface area contributed by atoms with Gasteiger partial charge in [0.2, 0.25) is 10.0 Å². The average Bonchev–Trinajstić information content (AvgIpc) is 3.69. The molecule has 5 rings (SSSR count). The van der Waals surface area contributed by atoms with E-state index in [4.69, 9.17) is 14.9 Å². The van der Waals surface area contributed by atoms with Crippen LogP contribution in [0.5, 0.6) is 11.5 Å². The maximum absolute atomic E-state index is 13.2. The molecule has 39 heavy (non-hydrogen) atoms. The minimum absolute atomic E-state index is 0.0924. The van der Waals surface area contributed by atoms with Crippen molar-refractivity contribution < 1.29 is 26.8 Å². The molecule has 10 heteroatoms. The van der Waals surface area contributed by atoms with Crippen LogP contribution < -0.4 is 20.5 Å². The standard InChI is InChI=1S/C29H30FN3O5S/c1-17(15-31)16-39(35,36)33-25-14-26-24(13-23(25)18-3-4-18)27(29(34)32-2)28(38-26)19-5-9-21(10-6-19)37-22-11-7-20(30)8-12-22/h5-14,17-18,33H,3-4,15-16,31H2,1-2H3,(H,32,34). The molecule has 0 aliphatic heterocycles. The summed E-state index contributed by atoms with van der Waals surface area (Å²) < 4.78 is 53.6. The fraction of sp³-hybridized carbons (Fsp3) is 0.276. The number of fused-ring (bicyclic) bond motifs is 1. The van der Waals surface area contributed by atoms with Crippen molar-refractivity contribution >= 4 is 32.6 Å². The molecule has 1 heterocycles. The van der Waals surface area contributed by atoms with E-state index in [-0.39, 0.29) is 35.9 Å². The number of ether oxygens (including phenoxy) is 1. The van der Waals surface area contributed by atoms with Crippen LogP contribution in [0, 0.1) is 11.7 Å². The van der Waals surface area contributed by atoms with E-state index in [0.29, 0.717) is 45.0 Å². The SMILES string of the molecule is CNC(=O)c1c(-c2ccc(Oc3ccc(F)cc3)cc2)oc2cc(NS(=O)(=O)CC(C)CN)c(C3CC3)cc12. The molecule has 1 atom stereocenters. The fourth-order valence-corrected chi connectivity index (χ4v) is 5.98. The quantitative estimate of drug-likeness (QED) is 0.236. The molecular formula is C29H30FN3O5S. The molecule has 3 aromatic carbocycles. The van der Waals surface area contributed by atoms with Crippen molar-refractivity contribution in [3.8, 4) is 22.8 Å². The molecule has 0 bridgehead atoms. The van der Waals surface area contributed by atoms with Gasteiger partial charge in [-0.2, -0.15) is 0 Å². The van der Waals surface area contributed by atoms with Gasteiger partial charge in [-0.05, 0) is 91.4 Å². The highest BCUT2D eigenvalue weighted by molar-refractivity contribution is 7.92. The number of nitrogens with one attached hydrogen (secondary N) is 2. The summed E-state index contributed by atoms with van der Waals surface area (Å²) in [5, 5.41) is 3.29. The number of nitrogens with two attached hydrogens (primary N) is 1. The van der Waals surface area contributed by atoms with Crippen LogP contribution in [-0.2, 0) is 10.0 Å². The zero-order valence-electron chi connectivity index (χ0n) is 21.7. The summed E-state index contributed by atoms with van der Waals surface area (Å²) in [5.41, 5.74) is 8.34. The van der Waals surface area contributed by atoms with Gasteiger partial charge in [0.1, 0.15) is 28.7 Å². The van der Waals surface area contributed by atoms with Gasteiger partial charge in [0.25, 0.3) is 5.91 Å². The summed E-state index contributed by atoms with van der Waals surface area (Å²) in [4.78, 5) is 13.0. The first-order chi connectivity index (χ1) is 18.7. The number of furan rings is 1. The monoisotopic (exact) mass is 551 g/mol. The van der Waals surface area contributed by atoms with Crippen molar-refractivity contribution in [2.75, 3.05) is 24.1 Å². The Morgan fingerprint density at radius 2 is 1.74 bits per heavy atom. The lowest BCUT2D eigenvalue weighted by molar-refractivity contribution is 0.0964. The number of amides is 1. The topological polar surface area (TPSA) is 124 Å². The third-order valence-electron chi connectivity index (χ3n) is 6.67. The van der Waals surface area contributed by atoms with Crippen molar-refractivity contribution in [2.24, 2.45) is 11.7 Å². The first-order valence-electron chi connectivity index (χ1n) is 12.7. The van der Waals surface area contributed by atoms with Crippen LogP contribution in [0.4, 0.5) is 10.1 Å². The second-order valence-corrected chi connectivity index (χ2v) is 11.7. The Morgan fingerprint density at radius 1 is 1.10 bits per heavy atom. The number of carbonyl (C=O) groups is 1. The van der Waals surface area contributed by atoms with Gasteiger partial charge in [-0.3, -0.25) is 9.52 Å². The Kier molecular flexibility index (Phi) is 7.33. The van der Waals surface area contributed by atoms with Gasteiger partial charge in [0.15, 0.2) is 0 Å². The van der Waals surface area contributed by atoms with Crippen molar-refractivity contribution in [1.82, 2.24) is 5.32 Å². The van der Waals surface area contributed by atoms with Crippen molar-refractivity contribution in [3.63, 3.8) is 0 Å². The summed E-state index contributed by atoms with van der Waals surface area (Å²) >= 11 is 0. The van der Waals surface area contributed by atoms with Gasteiger partial charge >= 0.3 is 0 Å². The number of carbonyl (C=O) groups excluding carboxylic acids is 1. The Morgan fingerprint density at radius 3 is 2.33 bits per heavy atom. The molecule has 1 amide bonds. The second-order valence-electron chi connectivity index (χ2n) is 9.90. The predicted molar refractivity (Wildman–Crippen MR) is 149 cm³/mol. The maximum atomic E-state index is 13.2. The van der Waals surface area contributed by atoms with E-state index in [1.807, 2.05) is 6.07 Å². The molecule has 4 aromatic rings. The highest BCUT2D eigenvalue weighted by Crippen LogP contribution is 2.47. The number of halogens is 1. The molecule has 1 aliphatic carbocycles. The lowest BCUT2D eigenvalue weighted by Gasteiger charge is -2.15.